The van der Waals surface area contributed by atoms with E-state index in [2.05, 4.69) is 54.1 Å². The number of carbonyl (C=O) groups excluding carboxylic acids is 1. The lowest BCUT2D eigenvalue weighted by Crippen LogP contribution is -2.17. The van der Waals surface area contributed by atoms with E-state index in [-0.39, 0.29) is 5.91 Å². The Balaban J connectivity index is 1.43. The third-order valence-corrected chi connectivity index (χ3v) is 6.76. The molecule has 2 aromatic heterocycles. The van der Waals surface area contributed by atoms with Crippen molar-refractivity contribution in [1.29, 1.82) is 0 Å². The summed E-state index contributed by atoms with van der Waals surface area (Å²) >= 11 is 1.69. The highest BCUT2D eigenvalue weighted by Crippen LogP contribution is 2.32. The molecule has 5 rings (SSSR count). The number of aryl methyl sites for hydroxylation is 3. The van der Waals surface area contributed by atoms with Crippen LogP contribution in [0.3, 0.4) is 0 Å². The molecule has 4 nitrogen and oxygen atoms in total. The molecule has 0 unspecified atom stereocenters. The predicted octanol–water partition coefficient (Wildman–Crippen LogP) is 6.81. The zero-order valence-electron chi connectivity index (χ0n) is 17.8. The average molecular weight is 426 g/mol. The molecule has 0 aliphatic carbocycles. The van der Waals surface area contributed by atoms with E-state index in [0.29, 0.717) is 5.69 Å². The van der Waals surface area contributed by atoms with Gasteiger partial charge < -0.3 is 9.88 Å². The van der Waals surface area contributed by atoms with E-state index in [1.165, 1.54) is 10.3 Å². The van der Waals surface area contributed by atoms with Crippen molar-refractivity contribution >= 4 is 44.1 Å². The average Bonchev–Trinajstić information content (AvgIpc) is 3.32. The van der Waals surface area contributed by atoms with Crippen molar-refractivity contribution in [1.82, 2.24) is 9.55 Å². The van der Waals surface area contributed by atoms with E-state index in [9.17, 15) is 4.79 Å². The lowest BCUT2D eigenvalue weighted by atomic mass is 10.1. The number of para-hydroxylation sites is 1. The van der Waals surface area contributed by atoms with Gasteiger partial charge in [0, 0.05) is 28.7 Å². The molecule has 5 heteroatoms. The molecular weight excluding hydrogens is 402 g/mol. The normalized spacial score (nSPS) is 11.3. The number of rotatable bonds is 4. The van der Waals surface area contributed by atoms with E-state index in [0.717, 1.165) is 44.8 Å². The summed E-state index contributed by atoms with van der Waals surface area (Å²) in [5.41, 5.74) is 6.90. The van der Waals surface area contributed by atoms with Crippen molar-refractivity contribution in [3.05, 3.63) is 83.6 Å². The van der Waals surface area contributed by atoms with Crippen molar-refractivity contribution in [2.75, 3.05) is 5.32 Å². The maximum Gasteiger partial charge on any atom is 0.272 e. The number of hydrogen-bond acceptors (Lipinski definition) is 3. The molecule has 0 spiro atoms. The van der Waals surface area contributed by atoms with Gasteiger partial charge in [-0.25, -0.2) is 4.98 Å². The molecule has 1 N–H and O–H groups in total. The molecule has 154 valence electrons. The first-order chi connectivity index (χ1) is 15.0. The molecular formula is C26H23N3OS. The summed E-state index contributed by atoms with van der Waals surface area (Å²) < 4.78 is 3.27. The van der Waals surface area contributed by atoms with E-state index < -0.39 is 0 Å². The Kier molecular flexibility index (Phi) is 4.83. The van der Waals surface area contributed by atoms with Crippen LogP contribution in [-0.2, 0) is 6.54 Å². The molecule has 0 aliphatic rings. The van der Waals surface area contributed by atoms with Gasteiger partial charge in [0.25, 0.3) is 5.91 Å². The van der Waals surface area contributed by atoms with Gasteiger partial charge in [-0.1, -0.05) is 24.3 Å². The Labute approximate surface area is 185 Å². The Morgan fingerprint density at radius 2 is 1.81 bits per heavy atom. The van der Waals surface area contributed by atoms with Gasteiger partial charge in [-0.3, -0.25) is 4.79 Å². The van der Waals surface area contributed by atoms with Crippen LogP contribution < -0.4 is 5.32 Å². The number of fused-ring (bicyclic) bond motifs is 2. The first-order valence-electron chi connectivity index (χ1n) is 10.4. The van der Waals surface area contributed by atoms with E-state index in [1.54, 1.807) is 11.3 Å². The van der Waals surface area contributed by atoms with Crippen molar-refractivity contribution < 1.29 is 4.79 Å². The lowest BCUT2D eigenvalue weighted by Gasteiger charge is -2.10. The summed E-state index contributed by atoms with van der Waals surface area (Å²) in [4.78, 5) is 17.9. The second-order valence-electron chi connectivity index (χ2n) is 7.76. The van der Waals surface area contributed by atoms with Crippen molar-refractivity contribution in [3.63, 3.8) is 0 Å². The Morgan fingerprint density at radius 3 is 2.58 bits per heavy atom. The number of hydrogen-bond donors (Lipinski definition) is 1. The minimum Gasteiger partial charge on any atom is -0.337 e. The highest BCUT2D eigenvalue weighted by molar-refractivity contribution is 7.21. The second kappa shape index (κ2) is 7.67. The number of benzene rings is 3. The molecule has 0 aliphatic heterocycles. The largest absolute Gasteiger partial charge is 0.337 e. The summed E-state index contributed by atoms with van der Waals surface area (Å²) in [6.07, 6.45) is 0. The van der Waals surface area contributed by atoms with Crippen LogP contribution in [0.25, 0.3) is 31.7 Å². The highest BCUT2D eigenvalue weighted by Gasteiger charge is 2.19. The van der Waals surface area contributed by atoms with Gasteiger partial charge in [0.15, 0.2) is 0 Å². The summed E-state index contributed by atoms with van der Waals surface area (Å²) in [5.74, 6) is -0.0845. The van der Waals surface area contributed by atoms with Crippen molar-refractivity contribution in [2.45, 2.75) is 27.3 Å². The van der Waals surface area contributed by atoms with Crippen LogP contribution in [-0.4, -0.2) is 15.5 Å². The molecule has 0 saturated carbocycles. The minimum atomic E-state index is -0.0845. The van der Waals surface area contributed by atoms with Crippen LogP contribution in [0.2, 0.25) is 0 Å². The minimum absolute atomic E-state index is 0.0845. The molecule has 3 aromatic carbocycles. The third kappa shape index (κ3) is 3.41. The monoisotopic (exact) mass is 425 g/mol. The lowest BCUT2D eigenvalue weighted by molar-refractivity contribution is 0.101. The number of carbonyl (C=O) groups is 1. The van der Waals surface area contributed by atoms with E-state index in [4.69, 9.17) is 4.98 Å². The summed E-state index contributed by atoms with van der Waals surface area (Å²) in [7, 11) is 0. The van der Waals surface area contributed by atoms with Crippen LogP contribution in [0.5, 0.6) is 0 Å². The Bertz CT molecular complexity index is 1430. The van der Waals surface area contributed by atoms with Gasteiger partial charge in [0.1, 0.15) is 10.7 Å². The van der Waals surface area contributed by atoms with Gasteiger partial charge in [-0.15, -0.1) is 11.3 Å². The smallest absolute Gasteiger partial charge is 0.272 e. The zero-order chi connectivity index (χ0) is 21.5. The Morgan fingerprint density at radius 1 is 1.03 bits per heavy atom. The van der Waals surface area contributed by atoms with Gasteiger partial charge >= 0.3 is 0 Å². The number of amides is 1. The quantitative estimate of drug-likeness (QED) is 0.344. The number of thiazole rings is 1. The number of anilines is 1. The maximum atomic E-state index is 13.1. The first kappa shape index (κ1) is 19.5. The molecule has 0 saturated heterocycles. The third-order valence-electron chi connectivity index (χ3n) is 5.69. The zero-order valence-corrected chi connectivity index (χ0v) is 18.6. The first-order valence-corrected chi connectivity index (χ1v) is 11.2. The van der Waals surface area contributed by atoms with Crippen LogP contribution in [0.1, 0.15) is 28.5 Å². The van der Waals surface area contributed by atoms with Gasteiger partial charge in [0.2, 0.25) is 0 Å². The summed E-state index contributed by atoms with van der Waals surface area (Å²) in [6.45, 7) is 6.92. The summed E-state index contributed by atoms with van der Waals surface area (Å²) in [5, 5.41) is 5.18. The van der Waals surface area contributed by atoms with Crippen molar-refractivity contribution in [3.8, 4) is 10.6 Å². The van der Waals surface area contributed by atoms with Crippen molar-refractivity contribution in [2.24, 2.45) is 0 Å². The molecule has 0 radical (unpaired) electrons. The van der Waals surface area contributed by atoms with E-state index >= 15 is 0 Å². The van der Waals surface area contributed by atoms with Crippen LogP contribution in [0.4, 0.5) is 5.69 Å². The standard InChI is InChI=1S/C26H23N3OS/c1-4-29-22-8-6-5-7-20(22)17(3)24(29)25(30)27-19-12-10-18(11-13-19)26-28-21-14-9-16(2)15-23(21)31-26/h5-15H,4H2,1-3H3,(H,27,30). The Hall–Kier alpha value is -3.44. The SMILES string of the molecule is CCn1c(C(=O)Nc2ccc(-c3nc4ccc(C)cc4s3)cc2)c(C)c2ccccc21. The van der Waals surface area contributed by atoms with Gasteiger partial charge in [-0.2, -0.15) is 0 Å². The fraction of sp³-hybridized carbons (Fsp3) is 0.154. The van der Waals surface area contributed by atoms with Crippen LogP contribution >= 0.6 is 11.3 Å². The molecule has 1 amide bonds. The number of nitrogens with zero attached hydrogens (tertiary/aromatic N) is 2. The maximum absolute atomic E-state index is 13.1. The van der Waals surface area contributed by atoms with Crippen LogP contribution in [0, 0.1) is 13.8 Å². The second-order valence-corrected chi connectivity index (χ2v) is 8.79. The van der Waals surface area contributed by atoms with Gasteiger partial charge in [-0.05, 0) is 74.4 Å². The topological polar surface area (TPSA) is 46.9 Å². The molecule has 0 atom stereocenters. The molecule has 31 heavy (non-hydrogen) atoms. The number of aromatic nitrogens is 2. The van der Waals surface area contributed by atoms with E-state index in [1.807, 2.05) is 43.3 Å². The fourth-order valence-corrected chi connectivity index (χ4v) is 5.21. The summed E-state index contributed by atoms with van der Waals surface area (Å²) in [6, 6.07) is 22.4. The predicted molar refractivity (Wildman–Crippen MR) is 130 cm³/mol. The highest BCUT2D eigenvalue weighted by atomic mass is 32.1. The van der Waals surface area contributed by atoms with Crippen LogP contribution in [0.15, 0.2) is 66.7 Å². The number of nitrogens with one attached hydrogen (secondary N) is 1. The molecule has 5 aromatic rings. The molecule has 0 bridgehead atoms. The molecule has 2 heterocycles. The molecule has 0 fully saturated rings. The fourth-order valence-electron chi connectivity index (χ4n) is 4.14. The van der Waals surface area contributed by atoms with Gasteiger partial charge in [0.05, 0.1) is 10.2 Å².